The molecule has 1 aliphatic carbocycles. The maximum Gasteiger partial charge on any atom is 0.270 e. The van der Waals surface area contributed by atoms with E-state index >= 15 is 0 Å². The molecule has 0 saturated heterocycles. The number of nitrogens with one attached hydrogen (secondary N) is 4. The van der Waals surface area contributed by atoms with Crippen LogP contribution in [0.15, 0.2) is 41.5 Å². The summed E-state index contributed by atoms with van der Waals surface area (Å²) < 4.78 is 0. The first kappa shape index (κ1) is 19.4. The van der Waals surface area contributed by atoms with E-state index in [1.54, 1.807) is 6.20 Å². The SMILES string of the molecule is N=C(/N=C(/Nc1cnc2ccccc2c1)C(=N)C(N)=O)N[C@@H]1CCCC[C@@H]1N. The Bertz CT molecular complexity index is 938. The molecule has 2 atom stereocenters. The molecular formula is C19H24N8O. The van der Waals surface area contributed by atoms with Gasteiger partial charge in [-0.3, -0.25) is 20.6 Å². The van der Waals surface area contributed by atoms with Gasteiger partial charge in [-0.2, -0.15) is 4.99 Å². The highest BCUT2D eigenvalue weighted by Crippen LogP contribution is 2.17. The lowest BCUT2D eigenvalue weighted by Gasteiger charge is -2.29. The molecule has 1 saturated carbocycles. The van der Waals surface area contributed by atoms with Crippen molar-refractivity contribution >= 4 is 40.0 Å². The number of benzene rings is 1. The zero-order chi connectivity index (χ0) is 20.1. The number of nitrogens with zero attached hydrogens (tertiary/aromatic N) is 2. The highest BCUT2D eigenvalue weighted by molar-refractivity contribution is 6.67. The molecular weight excluding hydrogens is 356 g/mol. The van der Waals surface area contributed by atoms with Gasteiger partial charge in [-0.25, -0.2) is 0 Å². The number of hydrogen-bond donors (Lipinski definition) is 6. The quantitative estimate of drug-likeness (QED) is 0.347. The van der Waals surface area contributed by atoms with Crippen LogP contribution in [0.2, 0.25) is 0 Å². The number of fused-ring (bicyclic) bond motifs is 1. The summed E-state index contributed by atoms with van der Waals surface area (Å²) >= 11 is 0. The van der Waals surface area contributed by atoms with Gasteiger partial charge in [-0.1, -0.05) is 31.0 Å². The standard InChI is InChI=1S/C19H24N8O/c20-13-6-2-4-8-15(13)26-19(23)27-18(16(21)17(22)28)25-12-9-11-5-1-3-7-14(11)24-10-12/h1,3,5,7,9-10,13,15,21H,2,4,6,8,20H2,(H2,22,28)(H3,23,25,26,27)/t13-,15+/m0/s1. The van der Waals surface area contributed by atoms with Crippen molar-refractivity contribution in [3.63, 3.8) is 0 Å². The number of hydrogen-bond acceptors (Lipinski definition) is 5. The van der Waals surface area contributed by atoms with Crippen LogP contribution in [0, 0.1) is 10.8 Å². The smallest absolute Gasteiger partial charge is 0.270 e. The van der Waals surface area contributed by atoms with Crippen molar-refractivity contribution in [2.24, 2.45) is 16.5 Å². The number of anilines is 1. The molecule has 2 aromatic rings. The summed E-state index contributed by atoms with van der Waals surface area (Å²) in [7, 11) is 0. The van der Waals surface area contributed by atoms with Crippen LogP contribution in [0.1, 0.15) is 25.7 Å². The highest BCUT2D eigenvalue weighted by atomic mass is 16.1. The third-order valence-electron chi connectivity index (χ3n) is 4.70. The number of primary amides is 1. The zero-order valence-corrected chi connectivity index (χ0v) is 15.4. The monoisotopic (exact) mass is 380 g/mol. The third-order valence-corrected chi connectivity index (χ3v) is 4.70. The first-order chi connectivity index (χ1) is 13.4. The molecule has 1 amide bonds. The van der Waals surface area contributed by atoms with E-state index in [9.17, 15) is 4.79 Å². The van der Waals surface area contributed by atoms with Crippen molar-refractivity contribution in [1.82, 2.24) is 10.3 Å². The second kappa shape index (κ2) is 8.57. The Morgan fingerprint density at radius 1 is 1.21 bits per heavy atom. The summed E-state index contributed by atoms with van der Waals surface area (Å²) in [6.45, 7) is 0. The molecule has 0 aliphatic heterocycles. The van der Waals surface area contributed by atoms with Crippen LogP contribution in [0.25, 0.3) is 10.9 Å². The van der Waals surface area contributed by atoms with Gasteiger partial charge in [-0.05, 0) is 25.0 Å². The topological polar surface area (TPSA) is 166 Å². The van der Waals surface area contributed by atoms with Gasteiger partial charge in [0.05, 0.1) is 17.4 Å². The molecule has 146 valence electrons. The van der Waals surface area contributed by atoms with Crippen LogP contribution in [0.4, 0.5) is 5.69 Å². The average Bonchev–Trinajstić information content (AvgIpc) is 2.68. The Balaban J connectivity index is 1.81. The first-order valence-electron chi connectivity index (χ1n) is 9.14. The van der Waals surface area contributed by atoms with Crippen molar-refractivity contribution < 1.29 is 4.79 Å². The van der Waals surface area contributed by atoms with Gasteiger partial charge in [-0.15, -0.1) is 0 Å². The Kier molecular flexibility index (Phi) is 5.95. The van der Waals surface area contributed by atoms with Crippen LogP contribution < -0.4 is 22.1 Å². The normalized spacial score (nSPS) is 19.8. The van der Waals surface area contributed by atoms with Gasteiger partial charge in [0.1, 0.15) is 0 Å². The van der Waals surface area contributed by atoms with E-state index in [1.807, 2.05) is 30.3 Å². The number of rotatable bonds is 4. The van der Waals surface area contributed by atoms with Crippen molar-refractivity contribution in [2.75, 3.05) is 5.32 Å². The zero-order valence-electron chi connectivity index (χ0n) is 15.4. The molecule has 1 fully saturated rings. The van der Waals surface area contributed by atoms with Gasteiger partial charge in [0.2, 0.25) is 5.96 Å². The lowest BCUT2D eigenvalue weighted by molar-refractivity contribution is -0.111. The van der Waals surface area contributed by atoms with Gasteiger partial charge in [0.25, 0.3) is 5.91 Å². The molecule has 1 heterocycles. The summed E-state index contributed by atoms with van der Waals surface area (Å²) in [5.74, 6) is -1.24. The van der Waals surface area contributed by atoms with Gasteiger partial charge in [0, 0.05) is 17.5 Å². The number of carbonyl (C=O) groups is 1. The minimum absolute atomic E-state index is 0.0546. The maximum atomic E-state index is 11.5. The van der Waals surface area contributed by atoms with E-state index in [2.05, 4.69) is 20.6 Å². The lowest BCUT2D eigenvalue weighted by Crippen LogP contribution is -2.49. The van der Waals surface area contributed by atoms with Gasteiger partial charge >= 0.3 is 0 Å². The fourth-order valence-electron chi connectivity index (χ4n) is 3.20. The third kappa shape index (κ3) is 4.68. The molecule has 3 rings (SSSR count). The number of carbonyl (C=O) groups excluding carboxylic acids is 1. The molecule has 0 radical (unpaired) electrons. The predicted octanol–water partition coefficient (Wildman–Crippen LogP) is 1.34. The fraction of sp³-hybridized carbons (Fsp3) is 0.316. The largest absolute Gasteiger partial charge is 0.364 e. The predicted molar refractivity (Wildman–Crippen MR) is 111 cm³/mol. The van der Waals surface area contributed by atoms with Crippen molar-refractivity contribution in [3.05, 3.63) is 36.5 Å². The van der Waals surface area contributed by atoms with Crippen molar-refractivity contribution in [1.29, 1.82) is 10.8 Å². The molecule has 0 bridgehead atoms. The van der Waals surface area contributed by atoms with E-state index < -0.39 is 11.6 Å². The van der Waals surface area contributed by atoms with E-state index in [-0.39, 0.29) is 23.9 Å². The van der Waals surface area contributed by atoms with Crippen LogP contribution in [-0.4, -0.2) is 40.5 Å². The number of pyridine rings is 1. The summed E-state index contributed by atoms with van der Waals surface area (Å²) in [4.78, 5) is 19.9. The number of amidine groups is 1. The van der Waals surface area contributed by atoms with Crippen molar-refractivity contribution in [3.8, 4) is 0 Å². The molecule has 0 spiro atoms. The summed E-state index contributed by atoms with van der Waals surface area (Å²) in [5, 5.41) is 22.8. The van der Waals surface area contributed by atoms with Gasteiger partial charge in [0.15, 0.2) is 11.5 Å². The summed E-state index contributed by atoms with van der Waals surface area (Å²) in [6, 6.07) is 9.27. The number of aliphatic imine (C=N–C) groups is 1. The van der Waals surface area contributed by atoms with E-state index in [0.29, 0.717) is 5.69 Å². The number of guanidine groups is 1. The van der Waals surface area contributed by atoms with Crippen LogP contribution >= 0.6 is 0 Å². The first-order valence-corrected chi connectivity index (χ1v) is 9.14. The highest BCUT2D eigenvalue weighted by Gasteiger charge is 2.23. The maximum absolute atomic E-state index is 11.5. The molecule has 9 heteroatoms. The second-order valence-electron chi connectivity index (χ2n) is 6.79. The van der Waals surface area contributed by atoms with Crippen LogP contribution in [0.3, 0.4) is 0 Å². The second-order valence-corrected chi connectivity index (χ2v) is 6.79. The summed E-state index contributed by atoms with van der Waals surface area (Å²) in [6.07, 6.45) is 5.42. The number of para-hydroxylation sites is 1. The molecule has 28 heavy (non-hydrogen) atoms. The van der Waals surface area contributed by atoms with E-state index in [0.717, 1.165) is 36.6 Å². The molecule has 1 aromatic heterocycles. The Morgan fingerprint density at radius 2 is 1.96 bits per heavy atom. The average molecular weight is 380 g/mol. The van der Waals surface area contributed by atoms with Crippen molar-refractivity contribution in [2.45, 2.75) is 37.8 Å². The molecule has 8 N–H and O–H groups in total. The molecule has 0 unspecified atom stereocenters. The van der Waals surface area contributed by atoms with E-state index in [4.69, 9.17) is 22.3 Å². The lowest BCUT2D eigenvalue weighted by atomic mass is 9.91. The Hall–Kier alpha value is -3.33. The van der Waals surface area contributed by atoms with Gasteiger partial charge < -0.3 is 22.1 Å². The minimum Gasteiger partial charge on any atom is -0.364 e. The molecule has 9 nitrogen and oxygen atoms in total. The molecule has 1 aromatic carbocycles. The van der Waals surface area contributed by atoms with E-state index in [1.165, 1.54) is 0 Å². The van der Waals surface area contributed by atoms with Crippen LogP contribution in [0.5, 0.6) is 0 Å². The number of amides is 1. The Labute approximate surface area is 162 Å². The number of nitrogens with two attached hydrogens (primary N) is 2. The summed E-state index contributed by atoms with van der Waals surface area (Å²) in [5.41, 5.74) is 12.2. The Morgan fingerprint density at radius 3 is 2.71 bits per heavy atom. The minimum atomic E-state index is -0.942. The van der Waals surface area contributed by atoms with Crippen LogP contribution in [-0.2, 0) is 4.79 Å². The number of aromatic nitrogens is 1. The fourth-order valence-corrected chi connectivity index (χ4v) is 3.20. The molecule has 1 aliphatic rings.